The Kier molecular flexibility index (Phi) is 7.85. The molecule has 0 N–H and O–H groups in total. The molecule has 0 spiro atoms. The van der Waals surface area contributed by atoms with Gasteiger partial charge in [-0.25, -0.2) is 0 Å². The van der Waals surface area contributed by atoms with Crippen molar-refractivity contribution in [2.45, 2.75) is 0 Å². The first kappa shape index (κ1) is 31.6. The molecule has 2 nitrogen and oxygen atoms in total. The monoisotopic (exact) mass is 689 g/mol. The quantitative estimate of drug-likeness (QED) is 0.166. The van der Waals surface area contributed by atoms with E-state index in [-0.39, 0.29) is 0 Å². The van der Waals surface area contributed by atoms with Crippen molar-refractivity contribution < 1.29 is 4.42 Å². The van der Waals surface area contributed by atoms with Crippen LogP contribution in [0.4, 0.5) is 17.1 Å². The zero-order valence-electron chi connectivity index (χ0n) is 29.6. The van der Waals surface area contributed by atoms with Gasteiger partial charge in [0, 0.05) is 38.8 Å². The molecule has 1 heterocycles. The minimum absolute atomic E-state index is 0.920. The summed E-state index contributed by atoms with van der Waals surface area (Å²) in [6.07, 6.45) is 0. The number of nitrogens with zero attached hydrogens (tertiary/aromatic N) is 1. The highest BCUT2D eigenvalue weighted by Gasteiger charge is 2.16. The van der Waals surface area contributed by atoms with E-state index >= 15 is 0 Å². The zero-order chi connectivity index (χ0) is 35.8. The Morgan fingerprint density at radius 1 is 0.278 bits per heavy atom. The summed E-state index contributed by atoms with van der Waals surface area (Å²) in [7, 11) is 0. The molecule has 0 aliphatic carbocycles. The van der Waals surface area contributed by atoms with Gasteiger partial charge in [-0.3, -0.25) is 0 Å². The predicted octanol–water partition coefficient (Wildman–Crippen LogP) is 14.9. The van der Waals surface area contributed by atoms with E-state index < -0.39 is 0 Å². The van der Waals surface area contributed by atoms with Gasteiger partial charge in [-0.05, 0) is 92.9 Å². The maximum atomic E-state index is 6.68. The highest BCUT2D eigenvalue weighted by atomic mass is 16.3. The van der Waals surface area contributed by atoms with Gasteiger partial charge < -0.3 is 9.32 Å². The van der Waals surface area contributed by atoms with Crippen molar-refractivity contribution in [3.8, 4) is 44.5 Å². The van der Waals surface area contributed by atoms with Gasteiger partial charge in [0.15, 0.2) is 0 Å². The number of fused-ring (bicyclic) bond motifs is 5. The molecule has 0 fully saturated rings. The highest BCUT2D eigenvalue weighted by molar-refractivity contribution is 6.17. The first-order valence-electron chi connectivity index (χ1n) is 18.4. The molecule has 0 aliphatic rings. The number of anilines is 3. The Hall–Kier alpha value is -7.16. The summed E-state index contributed by atoms with van der Waals surface area (Å²) in [4.78, 5) is 2.33. The average Bonchev–Trinajstić information content (AvgIpc) is 3.65. The Labute approximate surface area is 314 Å². The lowest BCUT2D eigenvalue weighted by atomic mass is 9.97. The van der Waals surface area contributed by atoms with Crippen LogP contribution in [0.25, 0.3) is 77.2 Å². The average molecular weight is 690 g/mol. The van der Waals surface area contributed by atoms with Crippen molar-refractivity contribution in [2.24, 2.45) is 0 Å². The molecule has 0 atom stereocenters. The molecule has 0 amide bonds. The molecule has 0 radical (unpaired) electrons. The molecule has 10 aromatic rings. The SMILES string of the molecule is c1ccc(-c2ccc(N(c3ccc(-c4ccccc4)cc3)c3ccc(-c4cccc(-c5cccc6c5oc5c7ccccc7ccc65)c4)cc3)cc2)cc1. The van der Waals surface area contributed by atoms with Crippen molar-refractivity contribution in [3.63, 3.8) is 0 Å². The normalized spacial score (nSPS) is 11.3. The van der Waals surface area contributed by atoms with Gasteiger partial charge in [0.25, 0.3) is 0 Å². The van der Waals surface area contributed by atoms with Gasteiger partial charge in [0.2, 0.25) is 0 Å². The van der Waals surface area contributed by atoms with Crippen LogP contribution in [-0.4, -0.2) is 0 Å². The summed E-state index contributed by atoms with van der Waals surface area (Å²) in [6, 6.07) is 75.7. The second-order valence-electron chi connectivity index (χ2n) is 13.7. The Morgan fingerprint density at radius 2 is 0.722 bits per heavy atom. The molecule has 2 heteroatoms. The largest absolute Gasteiger partial charge is 0.455 e. The highest BCUT2D eigenvalue weighted by Crippen LogP contribution is 2.41. The lowest BCUT2D eigenvalue weighted by molar-refractivity contribution is 0.674. The molecule has 10 rings (SSSR count). The Morgan fingerprint density at radius 3 is 1.33 bits per heavy atom. The van der Waals surface area contributed by atoms with Crippen molar-refractivity contribution in [2.75, 3.05) is 4.90 Å². The van der Waals surface area contributed by atoms with E-state index in [2.05, 4.69) is 217 Å². The Balaban J connectivity index is 1.01. The number of hydrogen-bond donors (Lipinski definition) is 0. The summed E-state index contributed by atoms with van der Waals surface area (Å²) < 4.78 is 6.68. The van der Waals surface area contributed by atoms with E-state index in [4.69, 9.17) is 4.42 Å². The van der Waals surface area contributed by atoms with E-state index in [0.29, 0.717) is 0 Å². The maximum absolute atomic E-state index is 6.68. The minimum atomic E-state index is 0.920. The number of rotatable bonds is 7. The summed E-state index contributed by atoms with van der Waals surface area (Å²) in [5.74, 6) is 0. The molecular formula is C52H35NO. The molecule has 0 saturated carbocycles. The van der Waals surface area contributed by atoms with Crippen LogP contribution in [0, 0.1) is 0 Å². The number of hydrogen-bond acceptors (Lipinski definition) is 2. The summed E-state index contributed by atoms with van der Waals surface area (Å²) in [5, 5.41) is 4.60. The van der Waals surface area contributed by atoms with E-state index in [1.807, 2.05) is 0 Å². The smallest absolute Gasteiger partial charge is 0.143 e. The summed E-state index contributed by atoms with van der Waals surface area (Å²) >= 11 is 0. The van der Waals surface area contributed by atoms with Crippen LogP contribution in [0.2, 0.25) is 0 Å². The summed E-state index contributed by atoms with van der Waals surface area (Å²) in [5.41, 5.74) is 14.5. The number of furan rings is 1. The van der Waals surface area contributed by atoms with Crippen LogP contribution in [0.3, 0.4) is 0 Å². The van der Waals surface area contributed by atoms with Gasteiger partial charge in [0.05, 0.1) is 0 Å². The van der Waals surface area contributed by atoms with E-state index in [9.17, 15) is 0 Å². The fraction of sp³-hybridized carbons (Fsp3) is 0. The second-order valence-corrected chi connectivity index (χ2v) is 13.7. The van der Waals surface area contributed by atoms with Gasteiger partial charge >= 0.3 is 0 Å². The van der Waals surface area contributed by atoms with Crippen LogP contribution in [0.5, 0.6) is 0 Å². The van der Waals surface area contributed by atoms with Gasteiger partial charge in [-0.1, -0.05) is 164 Å². The van der Waals surface area contributed by atoms with Crippen molar-refractivity contribution in [3.05, 3.63) is 212 Å². The molecular weight excluding hydrogens is 655 g/mol. The van der Waals surface area contributed by atoms with Gasteiger partial charge in [-0.15, -0.1) is 0 Å². The van der Waals surface area contributed by atoms with E-state index in [1.165, 1.54) is 27.6 Å². The third-order valence-electron chi connectivity index (χ3n) is 10.5. The number of benzene rings is 9. The van der Waals surface area contributed by atoms with Crippen LogP contribution in [-0.2, 0) is 0 Å². The molecule has 254 valence electrons. The standard InChI is InChI=1S/C52H35NO/c1-3-11-36(12-4-1)38-21-28-44(29-22-38)53(45-30-23-39(24-31-45)37-13-5-2-6-14-37)46-32-25-40(26-33-46)42-16-9-17-43(35-42)48-19-10-20-49-50-34-27-41-15-7-8-18-47(41)51(50)54-52(48)49/h1-35H. The van der Waals surface area contributed by atoms with Crippen LogP contribution in [0.15, 0.2) is 217 Å². The Bertz CT molecular complexity index is 2810. The van der Waals surface area contributed by atoms with Crippen LogP contribution in [0.1, 0.15) is 0 Å². The molecule has 1 aromatic heterocycles. The molecule has 54 heavy (non-hydrogen) atoms. The lowest BCUT2D eigenvalue weighted by Crippen LogP contribution is -2.09. The van der Waals surface area contributed by atoms with Gasteiger partial charge in [-0.2, -0.15) is 0 Å². The molecule has 0 saturated heterocycles. The second kappa shape index (κ2) is 13.4. The molecule has 0 bridgehead atoms. The van der Waals surface area contributed by atoms with Crippen LogP contribution < -0.4 is 4.90 Å². The van der Waals surface area contributed by atoms with Crippen molar-refractivity contribution in [1.82, 2.24) is 0 Å². The molecule has 9 aromatic carbocycles. The minimum Gasteiger partial charge on any atom is -0.455 e. The van der Waals surface area contributed by atoms with Gasteiger partial charge in [0.1, 0.15) is 11.2 Å². The zero-order valence-corrected chi connectivity index (χ0v) is 29.6. The fourth-order valence-corrected chi connectivity index (χ4v) is 7.74. The van der Waals surface area contributed by atoms with E-state index in [1.54, 1.807) is 0 Å². The van der Waals surface area contributed by atoms with E-state index in [0.717, 1.165) is 66.6 Å². The van der Waals surface area contributed by atoms with Crippen LogP contribution >= 0.6 is 0 Å². The topological polar surface area (TPSA) is 16.4 Å². The third-order valence-corrected chi connectivity index (χ3v) is 10.5. The molecule has 0 aliphatic heterocycles. The maximum Gasteiger partial charge on any atom is 0.143 e. The van der Waals surface area contributed by atoms with Crippen molar-refractivity contribution >= 4 is 49.8 Å². The first-order valence-corrected chi connectivity index (χ1v) is 18.4. The number of para-hydroxylation sites is 1. The predicted molar refractivity (Wildman–Crippen MR) is 228 cm³/mol. The molecule has 0 unspecified atom stereocenters. The third kappa shape index (κ3) is 5.71. The fourth-order valence-electron chi connectivity index (χ4n) is 7.74. The summed E-state index contributed by atoms with van der Waals surface area (Å²) in [6.45, 7) is 0. The first-order chi connectivity index (χ1) is 26.8. The lowest BCUT2D eigenvalue weighted by Gasteiger charge is -2.26. The van der Waals surface area contributed by atoms with Crippen molar-refractivity contribution in [1.29, 1.82) is 0 Å².